The Bertz CT molecular complexity index is 540. The van der Waals surface area contributed by atoms with Crippen LogP contribution in [0.25, 0.3) is 0 Å². The molecular weight excluding hydrogens is 302 g/mol. The van der Waals surface area contributed by atoms with Crippen molar-refractivity contribution in [1.82, 2.24) is 5.32 Å². The number of benzene rings is 1. The van der Waals surface area contributed by atoms with Gasteiger partial charge in [-0.1, -0.05) is 36.6 Å². The fourth-order valence-corrected chi connectivity index (χ4v) is 2.87. The molecular formula is C17H22ClNO3. The molecule has 1 aliphatic rings. The number of carboxylic acid groups (broad SMARTS) is 1. The maximum absolute atomic E-state index is 12.4. The highest BCUT2D eigenvalue weighted by molar-refractivity contribution is 6.30. The van der Waals surface area contributed by atoms with Crippen molar-refractivity contribution in [3.05, 3.63) is 34.9 Å². The molecule has 2 rings (SSSR count). The van der Waals surface area contributed by atoms with E-state index in [2.05, 4.69) is 5.32 Å². The average molecular weight is 324 g/mol. The number of carbonyl (C=O) groups is 2. The minimum Gasteiger partial charge on any atom is -0.481 e. The largest absolute Gasteiger partial charge is 0.481 e. The lowest BCUT2D eigenvalue weighted by atomic mass is 9.95. The molecule has 0 radical (unpaired) electrons. The van der Waals surface area contributed by atoms with Gasteiger partial charge in [-0.2, -0.15) is 0 Å². The highest BCUT2D eigenvalue weighted by atomic mass is 35.5. The van der Waals surface area contributed by atoms with Gasteiger partial charge in [0.15, 0.2) is 0 Å². The summed E-state index contributed by atoms with van der Waals surface area (Å²) < 4.78 is 0. The molecule has 1 fully saturated rings. The molecule has 4 nitrogen and oxygen atoms in total. The van der Waals surface area contributed by atoms with Gasteiger partial charge < -0.3 is 10.4 Å². The number of amides is 1. The van der Waals surface area contributed by atoms with Crippen LogP contribution in [-0.2, 0) is 15.0 Å². The van der Waals surface area contributed by atoms with Crippen molar-refractivity contribution in [2.45, 2.75) is 50.4 Å². The number of hydrogen-bond acceptors (Lipinski definition) is 2. The maximum atomic E-state index is 12.4. The highest BCUT2D eigenvalue weighted by Crippen LogP contribution is 2.48. The van der Waals surface area contributed by atoms with Crippen LogP contribution >= 0.6 is 11.6 Å². The first-order chi connectivity index (χ1) is 10.5. The van der Waals surface area contributed by atoms with Gasteiger partial charge in [0.05, 0.1) is 5.41 Å². The Kier molecular flexibility index (Phi) is 5.83. The first kappa shape index (κ1) is 16.8. The number of aliphatic carboxylic acids is 1. The van der Waals surface area contributed by atoms with Gasteiger partial charge in [-0.05, 0) is 43.4 Å². The Labute approximate surface area is 135 Å². The van der Waals surface area contributed by atoms with Crippen molar-refractivity contribution in [3.63, 3.8) is 0 Å². The van der Waals surface area contributed by atoms with E-state index in [1.165, 1.54) is 0 Å². The summed E-state index contributed by atoms with van der Waals surface area (Å²) in [5.41, 5.74) is 0.618. The molecule has 22 heavy (non-hydrogen) atoms. The van der Waals surface area contributed by atoms with Gasteiger partial charge in [0.2, 0.25) is 5.91 Å². The maximum Gasteiger partial charge on any atom is 0.303 e. The summed E-state index contributed by atoms with van der Waals surface area (Å²) in [7, 11) is 0. The second-order valence-electron chi connectivity index (χ2n) is 5.91. The van der Waals surface area contributed by atoms with Gasteiger partial charge in [0.1, 0.15) is 0 Å². The summed E-state index contributed by atoms with van der Waals surface area (Å²) in [6, 6.07) is 7.54. The van der Waals surface area contributed by atoms with Crippen molar-refractivity contribution in [3.8, 4) is 0 Å². The zero-order valence-electron chi connectivity index (χ0n) is 12.6. The van der Waals surface area contributed by atoms with Crippen LogP contribution in [0, 0.1) is 0 Å². The van der Waals surface area contributed by atoms with Crippen LogP contribution in [0.4, 0.5) is 0 Å². The Hall–Kier alpha value is -1.55. The number of carboxylic acids is 1. The van der Waals surface area contributed by atoms with E-state index in [-0.39, 0.29) is 17.7 Å². The molecule has 1 amide bonds. The zero-order valence-corrected chi connectivity index (χ0v) is 13.4. The fourth-order valence-electron chi connectivity index (χ4n) is 2.68. The number of unbranched alkanes of at least 4 members (excludes halogenated alkanes) is 3. The molecule has 0 spiro atoms. The Morgan fingerprint density at radius 2 is 1.91 bits per heavy atom. The fraction of sp³-hybridized carbons (Fsp3) is 0.529. The predicted molar refractivity (Wildman–Crippen MR) is 86.1 cm³/mol. The van der Waals surface area contributed by atoms with Gasteiger partial charge in [-0.15, -0.1) is 0 Å². The SMILES string of the molecule is O=C(O)CCCCCCNC(=O)C1(c2cccc(Cl)c2)CC1. The third kappa shape index (κ3) is 4.47. The molecule has 1 aromatic rings. The minimum absolute atomic E-state index is 0.0836. The third-order valence-corrected chi connectivity index (χ3v) is 4.40. The quantitative estimate of drug-likeness (QED) is 0.683. The second-order valence-corrected chi connectivity index (χ2v) is 6.34. The second kappa shape index (κ2) is 7.63. The molecule has 0 aliphatic heterocycles. The first-order valence-corrected chi connectivity index (χ1v) is 8.18. The van der Waals surface area contributed by atoms with Crippen LogP contribution in [0.2, 0.25) is 5.02 Å². The molecule has 1 aromatic carbocycles. The first-order valence-electron chi connectivity index (χ1n) is 7.81. The summed E-state index contributed by atoms with van der Waals surface area (Å²) in [6.07, 6.45) is 5.39. The summed E-state index contributed by atoms with van der Waals surface area (Å²) in [4.78, 5) is 22.8. The van der Waals surface area contributed by atoms with Gasteiger partial charge in [-0.25, -0.2) is 0 Å². The Morgan fingerprint density at radius 1 is 1.18 bits per heavy atom. The summed E-state index contributed by atoms with van der Waals surface area (Å²) in [5.74, 6) is -0.661. The van der Waals surface area contributed by atoms with Crippen LogP contribution in [-0.4, -0.2) is 23.5 Å². The minimum atomic E-state index is -0.745. The molecule has 120 valence electrons. The molecule has 0 heterocycles. The molecule has 0 bridgehead atoms. The Balaban J connectivity index is 1.70. The van der Waals surface area contributed by atoms with Crippen LogP contribution in [0.15, 0.2) is 24.3 Å². The van der Waals surface area contributed by atoms with Crippen molar-refractivity contribution < 1.29 is 14.7 Å². The zero-order chi connectivity index (χ0) is 16.0. The van der Waals surface area contributed by atoms with Crippen molar-refractivity contribution in [2.24, 2.45) is 0 Å². The molecule has 1 aliphatic carbocycles. The Morgan fingerprint density at radius 3 is 2.55 bits per heavy atom. The van der Waals surface area contributed by atoms with E-state index in [1.807, 2.05) is 24.3 Å². The lowest BCUT2D eigenvalue weighted by Crippen LogP contribution is -2.35. The molecule has 0 saturated heterocycles. The summed E-state index contributed by atoms with van der Waals surface area (Å²) in [5, 5.41) is 12.2. The van der Waals surface area contributed by atoms with E-state index in [4.69, 9.17) is 16.7 Å². The van der Waals surface area contributed by atoms with Gasteiger partial charge in [-0.3, -0.25) is 9.59 Å². The van der Waals surface area contributed by atoms with E-state index in [0.717, 1.165) is 37.7 Å². The lowest BCUT2D eigenvalue weighted by molar-refractivity contribution is -0.137. The number of hydrogen-bond donors (Lipinski definition) is 2. The normalized spacial score (nSPS) is 15.3. The number of nitrogens with one attached hydrogen (secondary N) is 1. The molecule has 5 heteroatoms. The average Bonchev–Trinajstić information content (AvgIpc) is 3.27. The molecule has 0 atom stereocenters. The van der Waals surface area contributed by atoms with E-state index in [9.17, 15) is 9.59 Å². The monoisotopic (exact) mass is 323 g/mol. The molecule has 0 unspecified atom stereocenters. The van der Waals surface area contributed by atoms with Crippen LogP contribution in [0.5, 0.6) is 0 Å². The molecule has 0 aromatic heterocycles. The van der Waals surface area contributed by atoms with E-state index in [1.54, 1.807) is 0 Å². The molecule has 2 N–H and O–H groups in total. The topological polar surface area (TPSA) is 66.4 Å². The van der Waals surface area contributed by atoms with Crippen LogP contribution in [0.1, 0.15) is 50.5 Å². The number of halogens is 1. The number of carbonyl (C=O) groups excluding carboxylic acids is 1. The van der Waals surface area contributed by atoms with Gasteiger partial charge in [0, 0.05) is 18.0 Å². The van der Waals surface area contributed by atoms with Crippen molar-refractivity contribution in [2.75, 3.05) is 6.54 Å². The number of rotatable bonds is 9. The van der Waals surface area contributed by atoms with Crippen molar-refractivity contribution in [1.29, 1.82) is 0 Å². The van der Waals surface area contributed by atoms with Crippen LogP contribution in [0.3, 0.4) is 0 Å². The van der Waals surface area contributed by atoms with E-state index >= 15 is 0 Å². The van der Waals surface area contributed by atoms with E-state index in [0.29, 0.717) is 18.0 Å². The third-order valence-electron chi connectivity index (χ3n) is 4.16. The van der Waals surface area contributed by atoms with E-state index < -0.39 is 5.97 Å². The molecule has 1 saturated carbocycles. The standard InChI is InChI=1S/C17H22ClNO3/c18-14-7-5-6-13(12-14)17(9-10-17)16(22)19-11-4-2-1-3-8-15(20)21/h5-7,12H,1-4,8-11H2,(H,19,22)(H,20,21). The van der Waals surface area contributed by atoms with Crippen LogP contribution < -0.4 is 5.32 Å². The summed E-state index contributed by atoms with van der Waals surface area (Å²) >= 11 is 6.01. The van der Waals surface area contributed by atoms with Gasteiger partial charge >= 0.3 is 5.97 Å². The summed E-state index contributed by atoms with van der Waals surface area (Å²) in [6.45, 7) is 0.647. The van der Waals surface area contributed by atoms with Crippen molar-refractivity contribution >= 4 is 23.5 Å². The smallest absolute Gasteiger partial charge is 0.303 e. The lowest BCUT2D eigenvalue weighted by Gasteiger charge is -2.16. The highest BCUT2D eigenvalue weighted by Gasteiger charge is 2.51. The predicted octanol–water partition coefficient (Wildman–Crippen LogP) is 3.52. The van der Waals surface area contributed by atoms with Gasteiger partial charge in [0.25, 0.3) is 0 Å².